The first-order chi connectivity index (χ1) is 8.08. The maximum Gasteiger partial charge on any atom is 0.301 e. The fourth-order valence-corrected chi connectivity index (χ4v) is 1.62. The molecule has 1 atom stereocenters. The fraction of sp³-hybridized carbons (Fsp3) is 0.583. The smallest absolute Gasteiger partial charge is 0.301 e. The third-order valence-electron chi connectivity index (χ3n) is 2.51. The van der Waals surface area contributed by atoms with E-state index in [4.69, 9.17) is 15.0 Å². The zero-order valence-corrected chi connectivity index (χ0v) is 10.6. The standard InChI is InChI=1S/C12H20N2O3/c1-4-5-9(3)16-7-10-6-8(2)11(17-10)12(15)14-13/h6,9H,4-5,7,13H2,1-3H3,(H,14,15). The fourth-order valence-electron chi connectivity index (χ4n) is 1.62. The molecule has 1 heterocycles. The first-order valence-electron chi connectivity index (χ1n) is 5.80. The predicted octanol–water partition coefficient (Wildman–Crippen LogP) is 1.90. The molecule has 3 N–H and O–H groups in total. The van der Waals surface area contributed by atoms with Crippen molar-refractivity contribution in [3.63, 3.8) is 0 Å². The van der Waals surface area contributed by atoms with Crippen LogP contribution in [0.4, 0.5) is 0 Å². The Labute approximate surface area is 101 Å². The second kappa shape index (κ2) is 6.42. The SMILES string of the molecule is CCCC(C)OCc1cc(C)c(C(=O)NN)o1. The molecule has 0 radical (unpaired) electrons. The maximum absolute atomic E-state index is 11.3. The van der Waals surface area contributed by atoms with Crippen molar-refractivity contribution in [1.82, 2.24) is 5.43 Å². The van der Waals surface area contributed by atoms with Crippen molar-refractivity contribution in [3.05, 3.63) is 23.2 Å². The van der Waals surface area contributed by atoms with Crippen LogP contribution in [-0.4, -0.2) is 12.0 Å². The van der Waals surface area contributed by atoms with Crippen molar-refractivity contribution in [2.75, 3.05) is 0 Å². The number of carbonyl (C=O) groups is 1. The minimum absolute atomic E-state index is 0.192. The van der Waals surface area contributed by atoms with Crippen molar-refractivity contribution >= 4 is 5.91 Å². The minimum Gasteiger partial charge on any atom is -0.453 e. The van der Waals surface area contributed by atoms with Crippen LogP contribution < -0.4 is 11.3 Å². The molecule has 1 rings (SSSR count). The summed E-state index contributed by atoms with van der Waals surface area (Å²) in [5, 5.41) is 0. The van der Waals surface area contributed by atoms with Gasteiger partial charge in [-0.1, -0.05) is 13.3 Å². The van der Waals surface area contributed by atoms with E-state index in [0.717, 1.165) is 18.4 Å². The number of hydrazine groups is 1. The molecule has 1 aromatic rings. The third-order valence-corrected chi connectivity index (χ3v) is 2.51. The maximum atomic E-state index is 11.3. The molecule has 0 saturated heterocycles. The van der Waals surface area contributed by atoms with Gasteiger partial charge in [-0.2, -0.15) is 0 Å². The van der Waals surface area contributed by atoms with Crippen LogP contribution in [0.25, 0.3) is 0 Å². The number of hydrogen-bond acceptors (Lipinski definition) is 4. The highest BCUT2D eigenvalue weighted by atomic mass is 16.5. The Bertz CT molecular complexity index is 374. The van der Waals surface area contributed by atoms with E-state index >= 15 is 0 Å². The van der Waals surface area contributed by atoms with Crippen molar-refractivity contribution < 1.29 is 13.9 Å². The molecule has 0 bridgehead atoms. The van der Waals surface area contributed by atoms with Crippen LogP contribution in [0, 0.1) is 6.92 Å². The van der Waals surface area contributed by atoms with Crippen LogP contribution in [0.3, 0.4) is 0 Å². The summed E-state index contributed by atoms with van der Waals surface area (Å²) in [4.78, 5) is 11.3. The minimum atomic E-state index is -0.421. The first kappa shape index (κ1) is 13.7. The third kappa shape index (κ3) is 3.87. The van der Waals surface area contributed by atoms with Crippen LogP contribution in [0.5, 0.6) is 0 Å². The quantitative estimate of drug-likeness (QED) is 0.452. The van der Waals surface area contributed by atoms with Crippen molar-refractivity contribution in [2.24, 2.45) is 5.84 Å². The van der Waals surface area contributed by atoms with E-state index in [9.17, 15) is 4.79 Å². The lowest BCUT2D eigenvalue weighted by atomic mass is 10.2. The number of nitrogens with two attached hydrogens (primary N) is 1. The lowest BCUT2D eigenvalue weighted by Crippen LogP contribution is -2.30. The van der Waals surface area contributed by atoms with Gasteiger partial charge >= 0.3 is 5.91 Å². The number of nitrogens with one attached hydrogen (secondary N) is 1. The molecule has 1 unspecified atom stereocenters. The molecule has 96 valence electrons. The van der Waals surface area contributed by atoms with E-state index in [1.807, 2.05) is 12.3 Å². The van der Waals surface area contributed by atoms with E-state index in [1.165, 1.54) is 0 Å². The van der Waals surface area contributed by atoms with Crippen LogP contribution in [0.2, 0.25) is 0 Å². The summed E-state index contributed by atoms with van der Waals surface area (Å²) in [6, 6.07) is 1.79. The average molecular weight is 240 g/mol. The van der Waals surface area contributed by atoms with E-state index in [-0.39, 0.29) is 11.9 Å². The Kier molecular flexibility index (Phi) is 5.18. The molecule has 0 aromatic carbocycles. The topological polar surface area (TPSA) is 77.5 Å². The van der Waals surface area contributed by atoms with E-state index in [0.29, 0.717) is 12.4 Å². The molecule has 5 nitrogen and oxygen atoms in total. The van der Waals surface area contributed by atoms with Crippen LogP contribution in [0.1, 0.15) is 48.6 Å². The van der Waals surface area contributed by atoms with Crippen molar-refractivity contribution in [3.8, 4) is 0 Å². The Morgan fingerprint density at radius 2 is 2.35 bits per heavy atom. The molecule has 17 heavy (non-hydrogen) atoms. The first-order valence-corrected chi connectivity index (χ1v) is 5.80. The van der Waals surface area contributed by atoms with Gasteiger partial charge in [0.1, 0.15) is 12.4 Å². The van der Waals surface area contributed by atoms with E-state index in [2.05, 4.69) is 6.92 Å². The zero-order valence-electron chi connectivity index (χ0n) is 10.6. The number of hydrogen-bond donors (Lipinski definition) is 2. The van der Waals surface area contributed by atoms with Gasteiger partial charge in [0, 0.05) is 5.56 Å². The number of aryl methyl sites for hydroxylation is 1. The van der Waals surface area contributed by atoms with Gasteiger partial charge in [0.2, 0.25) is 0 Å². The van der Waals surface area contributed by atoms with Crippen LogP contribution in [-0.2, 0) is 11.3 Å². The number of rotatable bonds is 6. The van der Waals surface area contributed by atoms with E-state index in [1.54, 1.807) is 13.0 Å². The molecule has 0 fully saturated rings. The van der Waals surface area contributed by atoms with Gasteiger partial charge in [0.15, 0.2) is 5.76 Å². The van der Waals surface area contributed by atoms with Crippen LogP contribution in [0.15, 0.2) is 10.5 Å². The monoisotopic (exact) mass is 240 g/mol. The Balaban J connectivity index is 2.58. The van der Waals surface area contributed by atoms with Gasteiger partial charge in [-0.3, -0.25) is 10.2 Å². The molecule has 0 aliphatic carbocycles. The number of nitrogen functional groups attached to an aromatic ring is 1. The summed E-state index contributed by atoms with van der Waals surface area (Å²) in [5.41, 5.74) is 2.81. The normalized spacial score (nSPS) is 12.5. The highest BCUT2D eigenvalue weighted by Crippen LogP contribution is 2.16. The van der Waals surface area contributed by atoms with Gasteiger partial charge in [-0.05, 0) is 26.3 Å². The van der Waals surface area contributed by atoms with E-state index < -0.39 is 5.91 Å². The second-order valence-corrected chi connectivity index (χ2v) is 4.11. The highest BCUT2D eigenvalue weighted by molar-refractivity contribution is 5.92. The molecule has 5 heteroatoms. The lowest BCUT2D eigenvalue weighted by molar-refractivity contribution is 0.0366. The Morgan fingerprint density at radius 3 is 2.94 bits per heavy atom. The summed E-state index contributed by atoms with van der Waals surface area (Å²) in [6.07, 6.45) is 2.28. The summed E-state index contributed by atoms with van der Waals surface area (Å²) < 4.78 is 11.0. The molecule has 1 aromatic heterocycles. The van der Waals surface area contributed by atoms with Gasteiger partial charge in [-0.25, -0.2) is 5.84 Å². The van der Waals surface area contributed by atoms with Crippen molar-refractivity contribution in [1.29, 1.82) is 0 Å². The van der Waals surface area contributed by atoms with Gasteiger partial charge in [0.05, 0.1) is 6.10 Å². The highest BCUT2D eigenvalue weighted by Gasteiger charge is 2.15. The molecule has 0 saturated carbocycles. The second-order valence-electron chi connectivity index (χ2n) is 4.11. The summed E-state index contributed by atoms with van der Waals surface area (Å²) in [7, 11) is 0. The number of ether oxygens (including phenoxy) is 1. The molecule has 1 amide bonds. The van der Waals surface area contributed by atoms with Crippen LogP contribution >= 0.6 is 0 Å². The van der Waals surface area contributed by atoms with Gasteiger partial charge in [-0.15, -0.1) is 0 Å². The molecule has 0 spiro atoms. The molecular formula is C12H20N2O3. The molecular weight excluding hydrogens is 220 g/mol. The lowest BCUT2D eigenvalue weighted by Gasteiger charge is -2.09. The number of carbonyl (C=O) groups excluding carboxylic acids is 1. The number of amides is 1. The van der Waals surface area contributed by atoms with Gasteiger partial charge < -0.3 is 9.15 Å². The largest absolute Gasteiger partial charge is 0.453 e. The van der Waals surface area contributed by atoms with Gasteiger partial charge in [0.25, 0.3) is 0 Å². The zero-order chi connectivity index (χ0) is 12.8. The predicted molar refractivity (Wildman–Crippen MR) is 64.3 cm³/mol. The molecule has 0 aliphatic heterocycles. The van der Waals surface area contributed by atoms with Crippen molar-refractivity contribution in [2.45, 2.75) is 46.3 Å². The molecule has 0 aliphatic rings. The Hall–Kier alpha value is -1.33. The summed E-state index contributed by atoms with van der Waals surface area (Å²) in [6.45, 7) is 6.31. The number of furan rings is 1. The summed E-state index contributed by atoms with van der Waals surface area (Å²) in [5.74, 6) is 5.52. The average Bonchev–Trinajstić information content (AvgIpc) is 2.67. The summed E-state index contributed by atoms with van der Waals surface area (Å²) >= 11 is 0. The Morgan fingerprint density at radius 1 is 1.65 bits per heavy atom.